The fraction of sp³-hybridized carbons (Fsp3) is 0.375. The zero-order chi connectivity index (χ0) is 15.1. The minimum Gasteiger partial charge on any atom is -0.493 e. The van der Waals surface area contributed by atoms with Crippen LogP contribution in [0.25, 0.3) is 0 Å². The molecule has 0 aliphatic heterocycles. The third-order valence-corrected chi connectivity index (χ3v) is 3.07. The summed E-state index contributed by atoms with van der Waals surface area (Å²) in [6.07, 6.45) is 0.903. The molecule has 0 aliphatic carbocycles. The molecule has 2 N–H and O–H groups in total. The van der Waals surface area contributed by atoms with E-state index < -0.39 is 6.10 Å². The lowest BCUT2D eigenvalue weighted by molar-refractivity contribution is 0.147. The Hall–Kier alpha value is -1.98. The van der Waals surface area contributed by atoms with Crippen LogP contribution >= 0.6 is 0 Å². The summed E-state index contributed by atoms with van der Waals surface area (Å²) < 4.78 is 15.9. The van der Waals surface area contributed by atoms with Crippen LogP contribution in [0.2, 0.25) is 0 Å². The van der Waals surface area contributed by atoms with Crippen molar-refractivity contribution in [3.63, 3.8) is 0 Å². The van der Waals surface area contributed by atoms with E-state index in [4.69, 9.17) is 13.9 Å². The number of nitrogens with one attached hydrogen (secondary N) is 1. The Morgan fingerprint density at radius 1 is 1.29 bits per heavy atom. The Balaban J connectivity index is 1.88. The van der Waals surface area contributed by atoms with Gasteiger partial charge in [0.25, 0.3) is 0 Å². The van der Waals surface area contributed by atoms with E-state index in [0.717, 1.165) is 11.3 Å². The van der Waals surface area contributed by atoms with Crippen LogP contribution in [0.4, 0.5) is 0 Å². The van der Waals surface area contributed by atoms with Crippen LogP contribution in [0.15, 0.2) is 41.0 Å². The lowest BCUT2D eigenvalue weighted by Gasteiger charge is -2.12. The molecule has 0 saturated heterocycles. The molecule has 0 radical (unpaired) electrons. The van der Waals surface area contributed by atoms with Crippen molar-refractivity contribution < 1.29 is 19.0 Å². The standard InChI is InChI=1S/C16H21NO4/c1-3-20-15-7-6-12(9-16(15)19-2)10-17-11-13(18)14-5-4-8-21-14/h4-9,13,17-18H,3,10-11H2,1-2H3. The van der Waals surface area contributed by atoms with Gasteiger partial charge in [0.1, 0.15) is 11.9 Å². The number of hydrogen-bond acceptors (Lipinski definition) is 5. The lowest BCUT2D eigenvalue weighted by Crippen LogP contribution is -2.20. The number of hydrogen-bond donors (Lipinski definition) is 2. The van der Waals surface area contributed by atoms with Gasteiger partial charge < -0.3 is 24.3 Å². The third kappa shape index (κ3) is 4.24. The lowest BCUT2D eigenvalue weighted by atomic mass is 10.2. The first-order valence-electron chi connectivity index (χ1n) is 6.96. The Morgan fingerprint density at radius 2 is 2.14 bits per heavy atom. The normalized spacial score (nSPS) is 12.1. The molecule has 0 amide bonds. The molecule has 2 rings (SSSR count). The van der Waals surface area contributed by atoms with Crippen LogP contribution in [0.1, 0.15) is 24.4 Å². The first-order valence-corrected chi connectivity index (χ1v) is 6.96. The molecule has 0 fully saturated rings. The van der Waals surface area contributed by atoms with Crippen LogP contribution in [0, 0.1) is 0 Å². The van der Waals surface area contributed by atoms with Crippen molar-refractivity contribution in [2.75, 3.05) is 20.3 Å². The molecule has 1 unspecified atom stereocenters. The predicted octanol–water partition coefficient (Wildman–Crippen LogP) is 2.51. The summed E-state index contributed by atoms with van der Waals surface area (Å²) in [7, 11) is 1.62. The van der Waals surface area contributed by atoms with Crippen LogP contribution in [-0.2, 0) is 6.54 Å². The van der Waals surface area contributed by atoms with Crippen LogP contribution in [0.3, 0.4) is 0 Å². The molecule has 2 aromatic rings. The second-order valence-electron chi connectivity index (χ2n) is 4.58. The summed E-state index contributed by atoms with van der Waals surface area (Å²) in [5.74, 6) is 2.01. The quantitative estimate of drug-likeness (QED) is 0.782. The van der Waals surface area contributed by atoms with Gasteiger partial charge in [0.05, 0.1) is 20.0 Å². The maximum Gasteiger partial charge on any atom is 0.161 e. The van der Waals surface area contributed by atoms with Crippen molar-refractivity contribution >= 4 is 0 Å². The molecule has 0 bridgehead atoms. The van der Waals surface area contributed by atoms with Crippen LogP contribution in [0.5, 0.6) is 11.5 Å². The topological polar surface area (TPSA) is 63.9 Å². The number of aliphatic hydroxyl groups excluding tert-OH is 1. The van der Waals surface area contributed by atoms with Crippen molar-refractivity contribution in [1.82, 2.24) is 5.32 Å². The summed E-state index contributed by atoms with van der Waals surface area (Å²) >= 11 is 0. The van der Waals surface area contributed by atoms with Crippen molar-refractivity contribution in [3.8, 4) is 11.5 Å². The molecule has 5 heteroatoms. The Labute approximate surface area is 124 Å². The van der Waals surface area contributed by atoms with Crippen molar-refractivity contribution in [2.24, 2.45) is 0 Å². The SMILES string of the molecule is CCOc1ccc(CNCC(O)c2ccco2)cc1OC. The maximum atomic E-state index is 9.90. The fourth-order valence-electron chi connectivity index (χ4n) is 2.03. The minimum absolute atomic E-state index is 0.420. The smallest absolute Gasteiger partial charge is 0.161 e. The van der Waals surface area contributed by atoms with E-state index in [-0.39, 0.29) is 0 Å². The van der Waals surface area contributed by atoms with E-state index in [0.29, 0.717) is 31.2 Å². The van der Waals surface area contributed by atoms with E-state index in [1.165, 1.54) is 0 Å². The fourth-order valence-corrected chi connectivity index (χ4v) is 2.03. The van der Waals surface area contributed by atoms with Gasteiger partial charge in [0.15, 0.2) is 11.5 Å². The second-order valence-corrected chi connectivity index (χ2v) is 4.58. The summed E-state index contributed by atoms with van der Waals surface area (Å²) in [5.41, 5.74) is 1.06. The molecule has 0 spiro atoms. The summed E-state index contributed by atoms with van der Waals surface area (Å²) in [5, 5.41) is 13.1. The third-order valence-electron chi connectivity index (χ3n) is 3.07. The molecule has 1 aromatic carbocycles. The van der Waals surface area contributed by atoms with Gasteiger partial charge in [-0.15, -0.1) is 0 Å². The minimum atomic E-state index is -0.649. The number of furan rings is 1. The average Bonchev–Trinajstić information content (AvgIpc) is 3.03. The van der Waals surface area contributed by atoms with Crippen molar-refractivity contribution in [2.45, 2.75) is 19.6 Å². The van der Waals surface area contributed by atoms with E-state index in [2.05, 4.69) is 5.32 Å². The van der Waals surface area contributed by atoms with Crippen LogP contribution in [-0.4, -0.2) is 25.4 Å². The average molecular weight is 291 g/mol. The predicted molar refractivity (Wildman–Crippen MR) is 79.5 cm³/mol. The number of methoxy groups -OCH3 is 1. The molecule has 0 aliphatic rings. The van der Waals surface area contributed by atoms with E-state index >= 15 is 0 Å². The number of rotatable bonds is 8. The Morgan fingerprint density at radius 3 is 2.81 bits per heavy atom. The largest absolute Gasteiger partial charge is 0.493 e. The molecule has 0 saturated carbocycles. The number of ether oxygens (including phenoxy) is 2. The highest BCUT2D eigenvalue weighted by atomic mass is 16.5. The highest BCUT2D eigenvalue weighted by Crippen LogP contribution is 2.28. The van der Waals surface area contributed by atoms with Gasteiger partial charge in [-0.05, 0) is 36.8 Å². The van der Waals surface area contributed by atoms with Gasteiger partial charge in [-0.1, -0.05) is 6.07 Å². The van der Waals surface area contributed by atoms with Gasteiger partial charge in [0, 0.05) is 13.1 Å². The van der Waals surface area contributed by atoms with E-state index in [1.807, 2.05) is 25.1 Å². The Kier molecular flexibility index (Phi) is 5.66. The first kappa shape index (κ1) is 15.4. The van der Waals surface area contributed by atoms with Gasteiger partial charge in [-0.3, -0.25) is 0 Å². The van der Waals surface area contributed by atoms with Crippen LogP contribution < -0.4 is 14.8 Å². The molecule has 1 heterocycles. The molecule has 1 atom stereocenters. The zero-order valence-corrected chi connectivity index (χ0v) is 12.3. The van der Waals surface area contributed by atoms with Crippen molar-refractivity contribution in [1.29, 1.82) is 0 Å². The molecule has 21 heavy (non-hydrogen) atoms. The van der Waals surface area contributed by atoms with Gasteiger partial charge in [0.2, 0.25) is 0 Å². The summed E-state index contributed by atoms with van der Waals surface area (Å²) in [6, 6.07) is 9.31. The second kappa shape index (κ2) is 7.71. The zero-order valence-electron chi connectivity index (χ0n) is 12.3. The van der Waals surface area contributed by atoms with Gasteiger partial charge >= 0.3 is 0 Å². The van der Waals surface area contributed by atoms with E-state index in [1.54, 1.807) is 25.5 Å². The molecular weight excluding hydrogens is 270 g/mol. The summed E-state index contributed by atoms with van der Waals surface area (Å²) in [4.78, 5) is 0. The molecule has 1 aromatic heterocycles. The Bertz CT molecular complexity index is 539. The monoisotopic (exact) mass is 291 g/mol. The highest BCUT2D eigenvalue weighted by Gasteiger charge is 2.10. The maximum absolute atomic E-state index is 9.90. The van der Waals surface area contributed by atoms with E-state index in [9.17, 15) is 5.11 Å². The first-order chi connectivity index (χ1) is 10.2. The highest BCUT2D eigenvalue weighted by molar-refractivity contribution is 5.42. The molecular formula is C16H21NO4. The number of benzene rings is 1. The van der Waals surface area contributed by atoms with Gasteiger partial charge in [-0.2, -0.15) is 0 Å². The molecule has 5 nitrogen and oxygen atoms in total. The molecule has 114 valence electrons. The number of aliphatic hydroxyl groups is 1. The summed E-state index contributed by atoms with van der Waals surface area (Å²) in [6.45, 7) is 3.58. The van der Waals surface area contributed by atoms with Gasteiger partial charge in [-0.25, -0.2) is 0 Å². The van der Waals surface area contributed by atoms with Crippen molar-refractivity contribution in [3.05, 3.63) is 47.9 Å².